The zero-order chi connectivity index (χ0) is 18.1. The first-order valence-corrected chi connectivity index (χ1v) is 9.07. The molecule has 0 saturated heterocycles. The Morgan fingerprint density at radius 1 is 1.27 bits per heavy atom. The molecule has 1 heterocycles. The molecule has 0 bridgehead atoms. The van der Waals surface area contributed by atoms with Crippen molar-refractivity contribution >= 4 is 16.9 Å². The van der Waals surface area contributed by atoms with Gasteiger partial charge in [0.25, 0.3) is 0 Å². The van der Waals surface area contributed by atoms with Gasteiger partial charge in [0.15, 0.2) is 0 Å². The predicted octanol–water partition coefficient (Wildman–Crippen LogP) is 3.48. The Morgan fingerprint density at radius 3 is 2.92 bits per heavy atom. The molecular formula is C21H23N3O2. The summed E-state index contributed by atoms with van der Waals surface area (Å²) in [6, 6.07) is 16.1. The highest BCUT2D eigenvalue weighted by Crippen LogP contribution is 2.48. The van der Waals surface area contributed by atoms with Gasteiger partial charge >= 0.3 is 0 Å². The molecule has 5 heteroatoms. The van der Waals surface area contributed by atoms with Crippen molar-refractivity contribution in [3.05, 3.63) is 59.9 Å². The number of rotatable bonds is 6. The van der Waals surface area contributed by atoms with Gasteiger partial charge in [0.2, 0.25) is 5.91 Å². The van der Waals surface area contributed by atoms with Gasteiger partial charge in [-0.15, -0.1) is 0 Å². The van der Waals surface area contributed by atoms with E-state index in [9.17, 15) is 4.79 Å². The van der Waals surface area contributed by atoms with Crippen molar-refractivity contribution in [3.63, 3.8) is 0 Å². The molecule has 1 aromatic heterocycles. The monoisotopic (exact) mass is 349 g/mol. The van der Waals surface area contributed by atoms with Crippen LogP contribution in [0.3, 0.4) is 0 Å². The highest BCUT2D eigenvalue weighted by atomic mass is 16.5. The highest BCUT2D eigenvalue weighted by Gasteiger charge is 2.43. The minimum atomic E-state index is 0.0431. The first kappa shape index (κ1) is 16.6. The molecule has 1 aliphatic rings. The number of aromatic nitrogens is 2. The van der Waals surface area contributed by atoms with Gasteiger partial charge < -0.3 is 14.6 Å². The minimum absolute atomic E-state index is 0.0431. The summed E-state index contributed by atoms with van der Waals surface area (Å²) in [5, 5.41) is 3.07. The van der Waals surface area contributed by atoms with Crippen LogP contribution in [-0.4, -0.2) is 22.6 Å². The predicted molar refractivity (Wildman–Crippen MR) is 101 cm³/mol. The van der Waals surface area contributed by atoms with E-state index in [-0.39, 0.29) is 17.7 Å². The van der Waals surface area contributed by atoms with Gasteiger partial charge in [0.05, 0.1) is 24.7 Å². The lowest BCUT2D eigenvalue weighted by Crippen LogP contribution is -2.26. The number of methoxy groups -OCH3 is 1. The fourth-order valence-corrected chi connectivity index (χ4v) is 3.64. The fraction of sp³-hybridized carbons (Fsp3) is 0.333. The molecule has 26 heavy (non-hydrogen) atoms. The minimum Gasteiger partial charge on any atom is -0.497 e. The molecule has 134 valence electrons. The van der Waals surface area contributed by atoms with Crippen molar-refractivity contribution in [2.24, 2.45) is 5.92 Å². The summed E-state index contributed by atoms with van der Waals surface area (Å²) >= 11 is 0. The molecular weight excluding hydrogens is 326 g/mol. The van der Waals surface area contributed by atoms with Crippen LogP contribution in [0.25, 0.3) is 11.0 Å². The number of carbonyl (C=O) groups is 1. The van der Waals surface area contributed by atoms with E-state index >= 15 is 0 Å². The maximum atomic E-state index is 12.6. The zero-order valence-corrected chi connectivity index (χ0v) is 15.1. The summed E-state index contributed by atoms with van der Waals surface area (Å²) in [5.41, 5.74) is 3.25. The fourth-order valence-electron chi connectivity index (χ4n) is 3.64. The number of nitrogens with zero attached hydrogens (tertiary/aromatic N) is 2. The zero-order valence-electron chi connectivity index (χ0n) is 15.1. The normalized spacial score (nSPS) is 18.7. The first-order valence-electron chi connectivity index (χ1n) is 9.07. The first-order chi connectivity index (χ1) is 12.7. The number of hydrogen-bond acceptors (Lipinski definition) is 3. The van der Waals surface area contributed by atoms with Crippen molar-refractivity contribution in [3.8, 4) is 5.75 Å². The van der Waals surface area contributed by atoms with E-state index in [1.807, 2.05) is 36.4 Å². The van der Waals surface area contributed by atoms with Crippen LogP contribution in [0.15, 0.2) is 48.5 Å². The Balaban J connectivity index is 1.42. The van der Waals surface area contributed by atoms with Gasteiger partial charge in [-0.1, -0.05) is 24.3 Å². The average Bonchev–Trinajstić information content (AvgIpc) is 3.41. The lowest BCUT2D eigenvalue weighted by molar-refractivity contribution is -0.122. The molecule has 1 aliphatic carbocycles. The largest absolute Gasteiger partial charge is 0.497 e. The molecule has 0 spiro atoms. The lowest BCUT2D eigenvalue weighted by atomic mass is 10.1. The van der Waals surface area contributed by atoms with Crippen LogP contribution in [0, 0.1) is 5.92 Å². The average molecular weight is 349 g/mol. The molecule has 2 atom stereocenters. The Labute approximate surface area is 153 Å². The highest BCUT2D eigenvalue weighted by molar-refractivity contribution is 5.83. The number of amides is 1. The second kappa shape index (κ2) is 6.83. The Kier molecular flexibility index (Phi) is 4.37. The van der Waals surface area contributed by atoms with Gasteiger partial charge in [-0.3, -0.25) is 4.79 Å². The lowest BCUT2D eigenvalue weighted by Gasteiger charge is -2.08. The Hall–Kier alpha value is -2.82. The molecule has 1 fully saturated rings. The van der Waals surface area contributed by atoms with E-state index in [1.54, 1.807) is 7.11 Å². The molecule has 1 N–H and O–H groups in total. The summed E-state index contributed by atoms with van der Waals surface area (Å²) in [6.45, 7) is 3.39. The Morgan fingerprint density at radius 2 is 2.12 bits per heavy atom. The number of benzene rings is 2. The molecule has 0 radical (unpaired) electrons. The summed E-state index contributed by atoms with van der Waals surface area (Å²) in [4.78, 5) is 17.2. The van der Waals surface area contributed by atoms with Crippen LogP contribution < -0.4 is 10.1 Å². The second-order valence-electron chi connectivity index (χ2n) is 6.70. The topological polar surface area (TPSA) is 56.2 Å². The number of imidazole rings is 1. The van der Waals surface area contributed by atoms with Gasteiger partial charge in [-0.25, -0.2) is 4.98 Å². The third-order valence-electron chi connectivity index (χ3n) is 5.12. The van der Waals surface area contributed by atoms with Crippen LogP contribution in [0.5, 0.6) is 5.75 Å². The van der Waals surface area contributed by atoms with E-state index in [0.29, 0.717) is 6.54 Å². The van der Waals surface area contributed by atoms with Crippen LogP contribution >= 0.6 is 0 Å². The number of aryl methyl sites for hydroxylation is 1. The molecule has 1 saturated carbocycles. The number of ether oxygens (including phenoxy) is 1. The van der Waals surface area contributed by atoms with Crippen LogP contribution in [0.2, 0.25) is 0 Å². The molecule has 3 aromatic rings. The Bertz CT molecular complexity index is 947. The van der Waals surface area contributed by atoms with Crippen molar-refractivity contribution in [2.45, 2.75) is 32.4 Å². The van der Waals surface area contributed by atoms with Crippen molar-refractivity contribution < 1.29 is 9.53 Å². The summed E-state index contributed by atoms with van der Waals surface area (Å²) in [5.74, 6) is 2.18. The number of fused-ring (bicyclic) bond motifs is 1. The van der Waals surface area contributed by atoms with E-state index in [0.717, 1.165) is 35.6 Å². The summed E-state index contributed by atoms with van der Waals surface area (Å²) < 4.78 is 7.43. The number of hydrogen-bond donors (Lipinski definition) is 1. The number of para-hydroxylation sites is 2. The van der Waals surface area contributed by atoms with Crippen LogP contribution in [0.1, 0.15) is 30.7 Å². The van der Waals surface area contributed by atoms with Gasteiger partial charge in [0.1, 0.15) is 11.6 Å². The van der Waals surface area contributed by atoms with Crippen molar-refractivity contribution in [2.75, 3.05) is 7.11 Å². The van der Waals surface area contributed by atoms with Crippen LogP contribution in [0.4, 0.5) is 0 Å². The summed E-state index contributed by atoms with van der Waals surface area (Å²) in [7, 11) is 1.66. The second-order valence-corrected chi connectivity index (χ2v) is 6.70. The van der Waals surface area contributed by atoms with Crippen molar-refractivity contribution in [1.29, 1.82) is 0 Å². The third kappa shape index (κ3) is 3.05. The van der Waals surface area contributed by atoms with Gasteiger partial charge in [-0.2, -0.15) is 0 Å². The maximum Gasteiger partial charge on any atom is 0.224 e. The van der Waals surface area contributed by atoms with Crippen molar-refractivity contribution in [1.82, 2.24) is 14.9 Å². The maximum absolute atomic E-state index is 12.6. The van der Waals surface area contributed by atoms with E-state index in [2.05, 4.69) is 33.9 Å². The van der Waals surface area contributed by atoms with Gasteiger partial charge in [-0.05, 0) is 49.1 Å². The standard InChI is InChI=1S/C21H23N3O2/c1-3-24-19-10-5-4-9-18(19)23-20(24)13-22-21(25)17-12-16(17)14-7-6-8-15(11-14)26-2/h4-11,16-17H,3,12-13H2,1-2H3,(H,22,25)/t16-,17-/m1/s1. The molecule has 5 nitrogen and oxygen atoms in total. The molecule has 2 aromatic carbocycles. The SMILES string of the molecule is CCn1c(CNC(=O)[C@@H]2C[C@@H]2c2cccc(OC)c2)nc2ccccc21. The van der Waals surface area contributed by atoms with E-state index < -0.39 is 0 Å². The van der Waals surface area contributed by atoms with Gasteiger partial charge in [0, 0.05) is 12.5 Å². The van der Waals surface area contributed by atoms with E-state index in [1.165, 1.54) is 5.56 Å². The molecule has 0 unspecified atom stereocenters. The molecule has 0 aliphatic heterocycles. The quantitative estimate of drug-likeness (QED) is 0.741. The third-order valence-corrected chi connectivity index (χ3v) is 5.12. The van der Waals surface area contributed by atoms with Crippen LogP contribution in [-0.2, 0) is 17.9 Å². The molecule has 4 rings (SSSR count). The summed E-state index contributed by atoms with van der Waals surface area (Å²) in [6.07, 6.45) is 0.892. The number of nitrogens with one attached hydrogen (secondary N) is 1. The smallest absolute Gasteiger partial charge is 0.224 e. The van der Waals surface area contributed by atoms with E-state index in [4.69, 9.17) is 4.74 Å². The number of carbonyl (C=O) groups excluding carboxylic acids is 1. The molecule has 1 amide bonds.